The highest BCUT2D eigenvalue weighted by molar-refractivity contribution is 5.42. The van der Waals surface area contributed by atoms with Crippen molar-refractivity contribution in [3.05, 3.63) is 84.0 Å². The lowest BCUT2D eigenvalue weighted by molar-refractivity contribution is 0.342. The first-order valence-electron chi connectivity index (χ1n) is 7.70. The van der Waals surface area contributed by atoms with Crippen LogP contribution in [0.1, 0.15) is 11.1 Å². The summed E-state index contributed by atoms with van der Waals surface area (Å²) in [6.45, 7) is 0.0894. The summed E-state index contributed by atoms with van der Waals surface area (Å²) in [5, 5.41) is 17.7. The number of hydrogen-bond acceptors (Lipinski definition) is 3. The Hall–Kier alpha value is -2.36. The number of hydrogen-bond donors (Lipinski definition) is 2. The van der Waals surface area contributed by atoms with Gasteiger partial charge in [0, 0.05) is 0 Å². The summed E-state index contributed by atoms with van der Waals surface area (Å²) in [7, 11) is 0. The van der Waals surface area contributed by atoms with Crippen LogP contribution in [0.5, 0.6) is 11.5 Å². The molecular formula is C20H22O3. The molecule has 0 atom stereocenters. The van der Waals surface area contributed by atoms with Gasteiger partial charge in [0.05, 0.1) is 13.2 Å². The molecule has 0 aliphatic heterocycles. The Morgan fingerprint density at radius 2 is 1.09 bits per heavy atom. The molecule has 0 fully saturated rings. The van der Waals surface area contributed by atoms with Crippen LogP contribution < -0.4 is 4.74 Å². The molecule has 0 saturated carbocycles. The molecule has 120 valence electrons. The van der Waals surface area contributed by atoms with E-state index in [0.29, 0.717) is 12.8 Å². The van der Waals surface area contributed by atoms with Crippen LogP contribution in [0.3, 0.4) is 0 Å². The minimum Gasteiger partial charge on any atom is -0.457 e. The van der Waals surface area contributed by atoms with Gasteiger partial charge in [-0.1, -0.05) is 60.7 Å². The van der Waals surface area contributed by atoms with Crippen molar-refractivity contribution in [3.8, 4) is 11.5 Å². The zero-order valence-electron chi connectivity index (χ0n) is 13.1. The summed E-state index contributed by atoms with van der Waals surface area (Å²) in [6.07, 6.45) is 8.73. The van der Waals surface area contributed by atoms with Crippen LogP contribution >= 0.6 is 0 Å². The normalized spacial score (nSPS) is 11.4. The molecule has 3 heteroatoms. The number of allylic oxidation sites excluding steroid dienone is 2. The van der Waals surface area contributed by atoms with Crippen molar-refractivity contribution >= 4 is 0 Å². The Labute approximate surface area is 137 Å². The number of rotatable bonds is 8. The second-order valence-corrected chi connectivity index (χ2v) is 5.03. The zero-order chi connectivity index (χ0) is 16.3. The quantitative estimate of drug-likeness (QED) is 0.732. The molecule has 0 aliphatic rings. The van der Waals surface area contributed by atoms with Gasteiger partial charge in [0.2, 0.25) is 0 Å². The van der Waals surface area contributed by atoms with Gasteiger partial charge in [0.25, 0.3) is 0 Å². The molecular weight excluding hydrogens is 288 g/mol. The van der Waals surface area contributed by atoms with Crippen LogP contribution in [0.25, 0.3) is 0 Å². The van der Waals surface area contributed by atoms with Gasteiger partial charge in [-0.25, -0.2) is 0 Å². The highest BCUT2D eigenvalue weighted by Gasteiger charge is 2.06. The maximum Gasteiger partial charge on any atom is 0.130 e. The molecule has 3 nitrogen and oxygen atoms in total. The fourth-order valence-corrected chi connectivity index (χ4v) is 2.23. The van der Waals surface area contributed by atoms with E-state index in [1.54, 1.807) is 12.2 Å². The summed E-state index contributed by atoms with van der Waals surface area (Å²) in [5.74, 6) is 1.63. The molecule has 0 radical (unpaired) electrons. The summed E-state index contributed by atoms with van der Waals surface area (Å²) in [4.78, 5) is 0. The van der Waals surface area contributed by atoms with Crippen molar-refractivity contribution in [1.82, 2.24) is 0 Å². The molecule has 2 aromatic carbocycles. The molecule has 23 heavy (non-hydrogen) atoms. The monoisotopic (exact) mass is 310 g/mol. The second-order valence-electron chi connectivity index (χ2n) is 5.03. The van der Waals surface area contributed by atoms with Crippen molar-refractivity contribution in [1.29, 1.82) is 0 Å². The van der Waals surface area contributed by atoms with Gasteiger partial charge in [-0.05, 0) is 36.1 Å². The van der Waals surface area contributed by atoms with E-state index in [1.807, 2.05) is 60.7 Å². The lowest BCUT2D eigenvalue weighted by atomic mass is 10.1. The Balaban J connectivity index is 2.19. The number of benzene rings is 2. The number of aliphatic hydroxyl groups excluding tert-OH is 2. The summed E-state index contributed by atoms with van der Waals surface area (Å²) in [5.41, 5.74) is 2.14. The fourth-order valence-electron chi connectivity index (χ4n) is 2.23. The zero-order valence-corrected chi connectivity index (χ0v) is 13.1. The van der Waals surface area contributed by atoms with Gasteiger partial charge in [0.1, 0.15) is 11.5 Å². The molecule has 0 spiro atoms. The van der Waals surface area contributed by atoms with Crippen LogP contribution in [-0.4, -0.2) is 23.4 Å². The average Bonchev–Trinajstić information content (AvgIpc) is 2.58. The molecule has 0 bridgehead atoms. The third kappa shape index (κ3) is 5.40. The minimum absolute atomic E-state index is 0.0447. The van der Waals surface area contributed by atoms with Gasteiger partial charge in [-0.3, -0.25) is 0 Å². The summed E-state index contributed by atoms with van der Waals surface area (Å²) in [6, 6.07) is 15.8. The smallest absolute Gasteiger partial charge is 0.130 e. The predicted molar refractivity (Wildman–Crippen MR) is 92.8 cm³/mol. The topological polar surface area (TPSA) is 49.7 Å². The van der Waals surface area contributed by atoms with Gasteiger partial charge >= 0.3 is 0 Å². The molecule has 2 N–H and O–H groups in total. The number of para-hydroxylation sites is 2. The van der Waals surface area contributed by atoms with Crippen LogP contribution in [0.15, 0.2) is 72.8 Å². The standard InChI is InChI=1S/C20H22O3/c21-15-7-5-11-17-9-1-3-13-19(17)23-20-14-4-2-10-18(20)12-6-8-16-22/h1-10,13-14,21-22H,11-12,15-16H2. The van der Waals surface area contributed by atoms with Crippen molar-refractivity contribution in [2.75, 3.05) is 13.2 Å². The highest BCUT2D eigenvalue weighted by atomic mass is 16.5. The Morgan fingerprint density at radius 1 is 0.652 bits per heavy atom. The molecule has 0 aliphatic carbocycles. The van der Waals surface area contributed by atoms with Crippen LogP contribution in [0.2, 0.25) is 0 Å². The highest BCUT2D eigenvalue weighted by Crippen LogP contribution is 2.29. The summed E-state index contributed by atoms with van der Waals surface area (Å²) < 4.78 is 6.11. The Bertz CT molecular complexity index is 602. The molecule has 0 unspecified atom stereocenters. The minimum atomic E-state index is 0.0447. The molecule has 0 saturated heterocycles. The maximum absolute atomic E-state index is 8.85. The Kier molecular flexibility index (Phi) is 7.11. The van der Waals surface area contributed by atoms with E-state index in [4.69, 9.17) is 14.9 Å². The van der Waals surface area contributed by atoms with E-state index in [9.17, 15) is 0 Å². The summed E-state index contributed by atoms with van der Waals surface area (Å²) >= 11 is 0. The van der Waals surface area contributed by atoms with Gasteiger partial charge < -0.3 is 14.9 Å². The van der Waals surface area contributed by atoms with Crippen LogP contribution in [-0.2, 0) is 12.8 Å². The third-order valence-electron chi connectivity index (χ3n) is 3.38. The van der Waals surface area contributed by atoms with E-state index in [-0.39, 0.29) is 13.2 Å². The molecule has 0 aromatic heterocycles. The first-order valence-corrected chi connectivity index (χ1v) is 7.70. The SMILES string of the molecule is OCC=CCc1ccccc1Oc1ccccc1CC=CCO. The van der Waals surface area contributed by atoms with Crippen LogP contribution in [0, 0.1) is 0 Å². The molecule has 0 amide bonds. The fraction of sp³-hybridized carbons (Fsp3) is 0.200. The second kappa shape index (κ2) is 9.62. The molecule has 2 aromatic rings. The van der Waals surface area contributed by atoms with E-state index < -0.39 is 0 Å². The number of aliphatic hydroxyl groups is 2. The lowest BCUT2D eigenvalue weighted by Crippen LogP contribution is -1.94. The van der Waals surface area contributed by atoms with Gasteiger partial charge in [-0.2, -0.15) is 0 Å². The molecule has 2 rings (SSSR count). The van der Waals surface area contributed by atoms with E-state index in [1.165, 1.54) is 0 Å². The first kappa shape index (κ1) is 17.0. The maximum atomic E-state index is 8.85. The predicted octanol–water partition coefficient (Wildman–Crippen LogP) is 3.66. The lowest BCUT2D eigenvalue weighted by Gasteiger charge is -2.13. The van der Waals surface area contributed by atoms with Crippen molar-refractivity contribution in [2.45, 2.75) is 12.8 Å². The first-order chi connectivity index (χ1) is 11.3. The van der Waals surface area contributed by atoms with Gasteiger partial charge in [-0.15, -0.1) is 0 Å². The van der Waals surface area contributed by atoms with Crippen molar-refractivity contribution in [3.63, 3.8) is 0 Å². The number of ether oxygens (including phenoxy) is 1. The Morgan fingerprint density at radius 3 is 1.52 bits per heavy atom. The third-order valence-corrected chi connectivity index (χ3v) is 3.38. The van der Waals surface area contributed by atoms with Gasteiger partial charge in [0.15, 0.2) is 0 Å². The van der Waals surface area contributed by atoms with Crippen molar-refractivity contribution in [2.24, 2.45) is 0 Å². The van der Waals surface area contributed by atoms with E-state index in [2.05, 4.69) is 0 Å². The van der Waals surface area contributed by atoms with Crippen molar-refractivity contribution < 1.29 is 14.9 Å². The molecule has 0 heterocycles. The van der Waals surface area contributed by atoms with Crippen LogP contribution in [0.4, 0.5) is 0 Å². The largest absolute Gasteiger partial charge is 0.457 e. The van der Waals surface area contributed by atoms with E-state index >= 15 is 0 Å². The van der Waals surface area contributed by atoms with E-state index in [0.717, 1.165) is 22.6 Å². The average molecular weight is 310 g/mol.